The predicted molar refractivity (Wildman–Crippen MR) is 167 cm³/mol. The quantitative estimate of drug-likeness (QED) is 0.264. The third-order valence-corrected chi connectivity index (χ3v) is 9.47. The lowest BCUT2D eigenvalue weighted by atomic mass is 9.62. The molecule has 5 rings (SSSR count). The highest BCUT2D eigenvalue weighted by atomic mass is 32.2. The van der Waals surface area contributed by atoms with Gasteiger partial charge < -0.3 is 10.0 Å². The Morgan fingerprint density at radius 3 is 2.26 bits per heavy atom. The Labute approximate surface area is 239 Å². The van der Waals surface area contributed by atoms with Crippen molar-refractivity contribution in [3.8, 4) is 11.1 Å². The molecule has 1 saturated heterocycles. The van der Waals surface area contributed by atoms with E-state index in [1.165, 1.54) is 40.8 Å². The van der Waals surface area contributed by atoms with Gasteiger partial charge in [0.15, 0.2) is 0 Å². The van der Waals surface area contributed by atoms with Crippen LogP contribution in [0.2, 0.25) is 0 Å². The number of carbonyl (C=O) groups is 2. The van der Waals surface area contributed by atoms with Crippen molar-refractivity contribution >= 4 is 62.7 Å². The molecule has 1 fully saturated rings. The van der Waals surface area contributed by atoms with Crippen molar-refractivity contribution in [2.24, 2.45) is 0 Å². The topological polar surface area (TPSA) is 60.9 Å². The van der Waals surface area contributed by atoms with Gasteiger partial charge in [0.1, 0.15) is 10.9 Å². The highest BCUT2D eigenvalue weighted by molar-refractivity contribution is 8.26. The minimum absolute atomic E-state index is 0.127. The Morgan fingerprint density at radius 2 is 1.62 bits per heavy atom. The lowest BCUT2D eigenvalue weighted by Gasteiger charge is -2.43. The van der Waals surface area contributed by atoms with Crippen LogP contribution in [-0.4, -0.2) is 46.8 Å². The van der Waals surface area contributed by atoms with Gasteiger partial charge in [0.25, 0.3) is 5.91 Å². The number of carboxylic acid groups (broad SMARTS) is 1. The molecule has 0 radical (unpaired) electrons. The van der Waals surface area contributed by atoms with Crippen molar-refractivity contribution in [2.75, 3.05) is 25.5 Å². The molecule has 1 aliphatic heterocycles. The third-order valence-electron chi connectivity index (χ3n) is 8.09. The predicted octanol–water partition coefficient (Wildman–Crippen LogP) is 7.21. The number of aliphatic carboxylic acids is 1. The van der Waals surface area contributed by atoms with Crippen LogP contribution in [0.1, 0.15) is 57.2 Å². The van der Waals surface area contributed by atoms with Crippen molar-refractivity contribution in [3.05, 3.63) is 70.1 Å². The van der Waals surface area contributed by atoms with Crippen LogP contribution in [0.25, 0.3) is 28.0 Å². The second-order valence-corrected chi connectivity index (χ2v) is 13.7. The van der Waals surface area contributed by atoms with Gasteiger partial charge in [-0.05, 0) is 87.0 Å². The van der Waals surface area contributed by atoms with E-state index in [0.717, 1.165) is 33.0 Å². The van der Waals surface area contributed by atoms with Crippen LogP contribution in [-0.2, 0) is 20.4 Å². The van der Waals surface area contributed by atoms with E-state index in [4.69, 9.17) is 17.3 Å². The van der Waals surface area contributed by atoms with Crippen LogP contribution >= 0.6 is 24.0 Å². The first-order valence-corrected chi connectivity index (χ1v) is 14.4. The number of fused-ring (bicyclic) bond motifs is 2. The monoisotopic (exact) mass is 558 g/mol. The largest absolute Gasteiger partial charge is 0.480 e. The van der Waals surface area contributed by atoms with Crippen LogP contribution < -0.4 is 4.90 Å². The molecule has 3 aromatic rings. The summed E-state index contributed by atoms with van der Waals surface area (Å²) in [5.41, 5.74) is 7.67. The molecule has 0 unspecified atom stereocenters. The first-order chi connectivity index (χ1) is 18.3. The van der Waals surface area contributed by atoms with Crippen molar-refractivity contribution in [1.29, 1.82) is 0 Å². The fraction of sp³-hybridized carbons (Fsp3) is 0.344. The van der Waals surface area contributed by atoms with Gasteiger partial charge in [-0.25, -0.2) is 0 Å². The van der Waals surface area contributed by atoms with Gasteiger partial charge in [0.2, 0.25) is 0 Å². The molecule has 39 heavy (non-hydrogen) atoms. The minimum atomic E-state index is -1.09. The van der Waals surface area contributed by atoms with Gasteiger partial charge in [-0.15, -0.1) is 0 Å². The SMILES string of the molecule is CN(C)c1cc2c(cc1-c1ccc3cc(C=C4SC(=S)N(CC(=O)O)C4=O)ccc3c1)C(C)(C)CCC2(C)C. The number of nitrogens with zero attached hydrogens (tertiary/aromatic N) is 2. The summed E-state index contributed by atoms with van der Waals surface area (Å²) in [5, 5.41) is 11.3. The molecule has 7 heteroatoms. The normalized spacial score (nSPS) is 19.0. The molecule has 0 aromatic heterocycles. The maximum Gasteiger partial charge on any atom is 0.323 e. The molecule has 0 spiro atoms. The Kier molecular flexibility index (Phi) is 6.88. The van der Waals surface area contributed by atoms with Crippen molar-refractivity contribution in [3.63, 3.8) is 0 Å². The summed E-state index contributed by atoms with van der Waals surface area (Å²) in [6.45, 7) is 9.01. The molecule has 1 N–H and O–H groups in total. The van der Waals surface area contributed by atoms with Gasteiger partial charge in [-0.3, -0.25) is 14.5 Å². The van der Waals surface area contributed by atoms with E-state index < -0.39 is 12.5 Å². The Morgan fingerprint density at radius 1 is 1.00 bits per heavy atom. The van der Waals surface area contributed by atoms with Gasteiger partial charge in [0, 0.05) is 25.3 Å². The number of anilines is 1. The average molecular weight is 559 g/mol. The first-order valence-electron chi connectivity index (χ1n) is 13.1. The van der Waals surface area contributed by atoms with E-state index in [1.807, 2.05) is 12.1 Å². The zero-order valence-electron chi connectivity index (χ0n) is 23.3. The molecule has 202 valence electrons. The number of carbonyl (C=O) groups excluding carboxylic acids is 1. The molecular weight excluding hydrogens is 524 g/mol. The summed E-state index contributed by atoms with van der Waals surface area (Å²) in [4.78, 5) is 27.5. The van der Waals surface area contributed by atoms with Gasteiger partial charge >= 0.3 is 5.97 Å². The van der Waals surface area contributed by atoms with Crippen LogP contribution in [0.5, 0.6) is 0 Å². The molecule has 5 nitrogen and oxygen atoms in total. The molecule has 2 aliphatic rings. The van der Waals surface area contributed by atoms with Gasteiger partial charge in [-0.1, -0.05) is 75.9 Å². The van der Waals surface area contributed by atoms with E-state index in [9.17, 15) is 9.59 Å². The minimum Gasteiger partial charge on any atom is -0.480 e. The molecule has 1 amide bonds. The van der Waals surface area contributed by atoms with E-state index >= 15 is 0 Å². The van der Waals surface area contributed by atoms with E-state index in [1.54, 1.807) is 6.08 Å². The summed E-state index contributed by atoms with van der Waals surface area (Å²) in [7, 11) is 4.22. The Bertz CT molecular complexity index is 1570. The maximum absolute atomic E-state index is 12.7. The maximum atomic E-state index is 12.7. The number of thiocarbonyl (C=S) groups is 1. The van der Waals surface area contributed by atoms with Gasteiger partial charge in [-0.2, -0.15) is 0 Å². The molecule has 0 saturated carbocycles. The van der Waals surface area contributed by atoms with E-state index in [2.05, 4.69) is 83.1 Å². The second kappa shape index (κ2) is 9.79. The van der Waals surface area contributed by atoms with Crippen molar-refractivity contribution in [1.82, 2.24) is 4.90 Å². The summed E-state index contributed by atoms with van der Waals surface area (Å²) in [6, 6.07) is 17.5. The molecule has 3 aromatic carbocycles. The van der Waals surface area contributed by atoms with Crippen LogP contribution in [0.3, 0.4) is 0 Å². The number of amides is 1. The molecule has 1 aliphatic carbocycles. The summed E-state index contributed by atoms with van der Waals surface area (Å²) < 4.78 is 0.271. The third kappa shape index (κ3) is 5.10. The van der Waals surface area contributed by atoms with Crippen molar-refractivity contribution < 1.29 is 14.7 Å². The Balaban J connectivity index is 1.53. The van der Waals surface area contributed by atoms with Crippen LogP contribution in [0.15, 0.2) is 53.4 Å². The fourth-order valence-electron chi connectivity index (χ4n) is 5.65. The number of carboxylic acids is 1. The van der Waals surface area contributed by atoms with Crippen LogP contribution in [0, 0.1) is 0 Å². The van der Waals surface area contributed by atoms with Gasteiger partial charge in [0.05, 0.1) is 4.91 Å². The summed E-state index contributed by atoms with van der Waals surface area (Å²) >= 11 is 6.36. The molecule has 0 bridgehead atoms. The Hall–Kier alpha value is -3.16. The number of hydrogen-bond acceptors (Lipinski definition) is 5. The van der Waals surface area contributed by atoms with Crippen molar-refractivity contribution in [2.45, 2.75) is 51.4 Å². The van der Waals surface area contributed by atoms with E-state index in [0.29, 0.717) is 4.91 Å². The number of rotatable bonds is 5. The average Bonchev–Trinajstić information content (AvgIpc) is 3.12. The fourth-order valence-corrected chi connectivity index (χ4v) is 6.90. The molecule has 1 heterocycles. The highest BCUT2D eigenvalue weighted by Crippen LogP contribution is 2.49. The molecule has 0 atom stereocenters. The zero-order chi connectivity index (χ0) is 28.3. The molecular formula is C32H34N2O3S2. The first kappa shape index (κ1) is 27.4. The second-order valence-electron chi connectivity index (χ2n) is 12.1. The zero-order valence-corrected chi connectivity index (χ0v) is 24.9. The summed E-state index contributed by atoms with van der Waals surface area (Å²) in [6.07, 6.45) is 4.14. The summed E-state index contributed by atoms with van der Waals surface area (Å²) in [5.74, 6) is -1.45. The number of hydrogen-bond donors (Lipinski definition) is 1. The lowest BCUT2D eigenvalue weighted by Crippen LogP contribution is -2.34. The number of thioether (sulfide) groups is 1. The standard InChI is InChI=1S/C32H34N2O3S2/c1-31(2)11-12-32(3,4)25-17-26(33(5)6)23(16-24(25)31)22-10-9-20-13-19(7-8-21(20)15-22)14-27-29(37)34(18-28(35)36)30(38)39-27/h7-10,13-17H,11-12,18H2,1-6H3,(H,35,36). The smallest absolute Gasteiger partial charge is 0.323 e. The highest BCUT2D eigenvalue weighted by Gasteiger charge is 2.38. The lowest BCUT2D eigenvalue weighted by molar-refractivity contribution is -0.140. The number of benzene rings is 3. The van der Waals surface area contributed by atoms with Crippen LogP contribution in [0.4, 0.5) is 5.69 Å². The van der Waals surface area contributed by atoms with E-state index in [-0.39, 0.29) is 21.1 Å².